The van der Waals surface area contributed by atoms with Crippen molar-refractivity contribution >= 4 is 28.3 Å². The largest absolute Gasteiger partial charge is 0.335 e. The number of nitrogens with zero attached hydrogens (tertiary/aromatic N) is 3. The van der Waals surface area contributed by atoms with Gasteiger partial charge in [0, 0.05) is 40.6 Å². The molecule has 0 saturated carbocycles. The molecule has 1 saturated heterocycles. The fourth-order valence-corrected chi connectivity index (χ4v) is 3.66. The highest BCUT2D eigenvalue weighted by molar-refractivity contribution is 7.86. The Morgan fingerprint density at radius 1 is 1.44 bits per heavy atom. The summed E-state index contributed by atoms with van der Waals surface area (Å²) in [7, 11) is -0.888. The van der Waals surface area contributed by atoms with Crippen LogP contribution in [0.15, 0.2) is 12.5 Å². The van der Waals surface area contributed by atoms with Crippen LogP contribution in [0.25, 0.3) is 0 Å². The Morgan fingerprint density at radius 3 is 2.61 bits per heavy atom. The van der Waals surface area contributed by atoms with E-state index in [1.54, 1.807) is 4.90 Å². The number of rotatable bonds is 1. The van der Waals surface area contributed by atoms with Crippen molar-refractivity contribution in [2.45, 2.75) is 24.3 Å². The molecule has 1 fully saturated rings. The van der Waals surface area contributed by atoms with Crippen LogP contribution in [0.4, 0.5) is 0 Å². The lowest BCUT2D eigenvalue weighted by Gasteiger charge is -2.34. The van der Waals surface area contributed by atoms with Gasteiger partial charge in [-0.05, 0) is 13.8 Å². The highest BCUT2D eigenvalue weighted by Gasteiger charge is 2.32. The third-order valence-corrected chi connectivity index (χ3v) is 5.07. The first-order chi connectivity index (χ1) is 8.50. The zero-order valence-corrected chi connectivity index (χ0v) is 11.7. The van der Waals surface area contributed by atoms with Gasteiger partial charge in [0.05, 0.1) is 5.02 Å². The van der Waals surface area contributed by atoms with E-state index >= 15 is 0 Å². The van der Waals surface area contributed by atoms with Gasteiger partial charge in [-0.1, -0.05) is 11.6 Å². The molecule has 2 heterocycles. The van der Waals surface area contributed by atoms with Crippen molar-refractivity contribution in [3.05, 3.63) is 23.2 Å². The first-order valence-corrected chi connectivity index (χ1v) is 7.30. The SMILES string of the molecule is CC1CN(C(=O)c2ncncc2Cl)CC(C)S1=O. The van der Waals surface area contributed by atoms with Crippen molar-refractivity contribution in [1.82, 2.24) is 14.9 Å². The van der Waals surface area contributed by atoms with Crippen molar-refractivity contribution in [1.29, 1.82) is 0 Å². The van der Waals surface area contributed by atoms with Gasteiger partial charge in [0.1, 0.15) is 12.0 Å². The molecule has 2 atom stereocenters. The molecule has 1 aromatic rings. The molecule has 1 amide bonds. The molecule has 2 unspecified atom stereocenters. The summed E-state index contributed by atoms with van der Waals surface area (Å²) in [6.07, 6.45) is 2.70. The first-order valence-electron chi connectivity index (χ1n) is 5.65. The second-order valence-electron chi connectivity index (χ2n) is 4.38. The summed E-state index contributed by atoms with van der Waals surface area (Å²) in [6, 6.07) is 0. The van der Waals surface area contributed by atoms with Gasteiger partial charge < -0.3 is 4.90 Å². The second kappa shape index (κ2) is 5.32. The lowest BCUT2D eigenvalue weighted by molar-refractivity contribution is 0.0745. The first kappa shape index (κ1) is 13.4. The molecule has 1 aliphatic heterocycles. The maximum atomic E-state index is 12.3. The Morgan fingerprint density at radius 2 is 2.06 bits per heavy atom. The molecule has 2 rings (SSSR count). The van der Waals surface area contributed by atoms with Crippen LogP contribution in [-0.4, -0.2) is 48.6 Å². The Labute approximate surface area is 113 Å². The van der Waals surface area contributed by atoms with Gasteiger partial charge in [-0.15, -0.1) is 0 Å². The van der Waals surface area contributed by atoms with Crippen LogP contribution in [0.5, 0.6) is 0 Å². The van der Waals surface area contributed by atoms with Crippen LogP contribution in [0.1, 0.15) is 24.3 Å². The highest BCUT2D eigenvalue weighted by Crippen LogP contribution is 2.19. The molecule has 18 heavy (non-hydrogen) atoms. The normalized spacial score (nSPS) is 28.2. The zero-order valence-electron chi connectivity index (χ0n) is 10.2. The van der Waals surface area contributed by atoms with Gasteiger partial charge in [0.15, 0.2) is 0 Å². The van der Waals surface area contributed by atoms with E-state index in [1.165, 1.54) is 12.5 Å². The molecule has 5 nitrogen and oxygen atoms in total. The maximum Gasteiger partial charge on any atom is 0.274 e. The van der Waals surface area contributed by atoms with Gasteiger partial charge >= 0.3 is 0 Å². The van der Waals surface area contributed by atoms with E-state index < -0.39 is 10.8 Å². The summed E-state index contributed by atoms with van der Waals surface area (Å²) in [5.74, 6) is -0.224. The number of carbonyl (C=O) groups is 1. The summed E-state index contributed by atoms with van der Waals surface area (Å²) in [5, 5.41) is 0.186. The van der Waals surface area contributed by atoms with E-state index in [-0.39, 0.29) is 27.1 Å². The molecule has 0 radical (unpaired) electrons. The number of carbonyl (C=O) groups excluding carboxylic acids is 1. The van der Waals surface area contributed by atoms with Crippen LogP contribution in [-0.2, 0) is 10.8 Å². The van der Waals surface area contributed by atoms with Crippen LogP contribution < -0.4 is 0 Å². The van der Waals surface area contributed by atoms with E-state index in [9.17, 15) is 9.00 Å². The minimum absolute atomic E-state index is 0.0293. The van der Waals surface area contributed by atoms with E-state index in [1.807, 2.05) is 13.8 Å². The minimum atomic E-state index is -0.888. The smallest absolute Gasteiger partial charge is 0.274 e. The molecule has 0 N–H and O–H groups in total. The number of aromatic nitrogens is 2. The molecule has 98 valence electrons. The topological polar surface area (TPSA) is 63.2 Å². The summed E-state index contributed by atoms with van der Waals surface area (Å²) in [5.41, 5.74) is 0.207. The molecule has 0 aromatic carbocycles. The lowest BCUT2D eigenvalue weighted by atomic mass is 10.3. The molecule has 7 heteroatoms. The summed E-state index contributed by atoms with van der Waals surface area (Å²) < 4.78 is 11.8. The van der Waals surface area contributed by atoms with E-state index in [4.69, 9.17) is 11.6 Å². The monoisotopic (exact) mass is 287 g/mol. The molecule has 0 bridgehead atoms. The van der Waals surface area contributed by atoms with Gasteiger partial charge in [-0.3, -0.25) is 9.00 Å². The third-order valence-electron chi connectivity index (χ3n) is 2.91. The fourth-order valence-electron chi connectivity index (χ4n) is 2.02. The van der Waals surface area contributed by atoms with Gasteiger partial charge in [-0.25, -0.2) is 9.97 Å². The average molecular weight is 288 g/mol. The predicted octanol–water partition coefficient (Wildman–Crippen LogP) is 1.11. The Kier molecular flexibility index (Phi) is 3.97. The summed E-state index contributed by atoms with van der Waals surface area (Å²) >= 11 is 5.91. The number of hydrogen-bond acceptors (Lipinski definition) is 4. The number of amides is 1. The van der Waals surface area contributed by atoms with E-state index in [2.05, 4.69) is 9.97 Å². The summed E-state index contributed by atoms with van der Waals surface area (Å²) in [6.45, 7) is 4.70. The fraction of sp³-hybridized carbons (Fsp3) is 0.545. The molecule has 1 aromatic heterocycles. The van der Waals surface area contributed by atoms with Gasteiger partial charge in [0.2, 0.25) is 0 Å². The Balaban J connectivity index is 2.20. The number of hydrogen-bond donors (Lipinski definition) is 0. The van der Waals surface area contributed by atoms with Crippen molar-refractivity contribution < 1.29 is 9.00 Å². The maximum absolute atomic E-state index is 12.3. The summed E-state index contributed by atoms with van der Waals surface area (Å²) in [4.78, 5) is 21.6. The highest BCUT2D eigenvalue weighted by atomic mass is 35.5. The van der Waals surface area contributed by atoms with E-state index in [0.29, 0.717) is 13.1 Å². The van der Waals surface area contributed by atoms with Crippen molar-refractivity contribution in [3.8, 4) is 0 Å². The quantitative estimate of drug-likeness (QED) is 0.776. The van der Waals surface area contributed by atoms with Crippen LogP contribution in [0.3, 0.4) is 0 Å². The molecule has 0 aliphatic carbocycles. The van der Waals surface area contributed by atoms with Crippen molar-refractivity contribution in [3.63, 3.8) is 0 Å². The molecule has 1 aliphatic rings. The molecule has 0 spiro atoms. The number of halogens is 1. The Bertz CT molecular complexity index is 483. The van der Waals surface area contributed by atoms with Gasteiger partial charge in [-0.2, -0.15) is 0 Å². The Hall–Kier alpha value is -1.01. The zero-order chi connectivity index (χ0) is 13.3. The molecular weight excluding hydrogens is 274 g/mol. The van der Waals surface area contributed by atoms with E-state index in [0.717, 1.165) is 0 Å². The standard InChI is InChI=1S/C11H14ClN3O2S/c1-7-4-15(5-8(2)18(7)17)11(16)10-9(12)3-13-6-14-10/h3,6-8H,4-5H2,1-2H3. The third kappa shape index (κ3) is 2.54. The minimum Gasteiger partial charge on any atom is -0.335 e. The lowest BCUT2D eigenvalue weighted by Crippen LogP contribution is -2.49. The predicted molar refractivity (Wildman–Crippen MR) is 70.0 cm³/mol. The van der Waals surface area contributed by atoms with Gasteiger partial charge in [0.25, 0.3) is 5.91 Å². The van der Waals surface area contributed by atoms with Crippen LogP contribution in [0, 0.1) is 0 Å². The van der Waals surface area contributed by atoms with Crippen LogP contribution in [0.2, 0.25) is 5.02 Å². The average Bonchev–Trinajstić information content (AvgIpc) is 2.35. The second-order valence-corrected chi connectivity index (χ2v) is 7.05. The van der Waals surface area contributed by atoms with Crippen LogP contribution >= 0.6 is 11.6 Å². The van der Waals surface area contributed by atoms with Crippen molar-refractivity contribution in [2.24, 2.45) is 0 Å². The molecular formula is C11H14ClN3O2S. The van der Waals surface area contributed by atoms with Crippen molar-refractivity contribution in [2.75, 3.05) is 13.1 Å².